The summed E-state index contributed by atoms with van der Waals surface area (Å²) in [6, 6.07) is 3.25. The maximum Gasteiger partial charge on any atom is 0.345 e. The van der Waals surface area contributed by atoms with Crippen LogP contribution in [-0.2, 0) is 0 Å². The predicted octanol–water partition coefficient (Wildman–Crippen LogP) is 2.94. The van der Waals surface area contributed by atoms with Crippen LogP contribution in [0.25, 0.3) is 9.40 Å². The van der Waals surface area contributed by atoms with Gasteiger partial charge in [0.05, 0.1) is 20.0 Å². The molecule has 0 fully saturated rings. The van der Waals surface area contributed by atoms with E-state index in [9.17, 15) is 14.7 Å². The van der Waals surface area contributed by atoms with Gasteiger partial charge in [-0.15, -0.1) is 22.7 Å². The van der Waals surface area contributed by atoms with Gasteiger partial charge in [-0.05, 0) is 39.8 Å². The molecule has 2 aromatic rings. The number of rotatable bonds is 4. The Hall–Kier alpha value is -1.44. The molecule has 7 heteroatoms. The summed E-state index contributed by atoms with van der Waals surface area (Å²) in [7, 11) is 0. The van der Waals surface area contributed by atoms with Gasteiger partial charge in [-0.2, -0.15) is 0 Å². The Kier molecular flexibility index (Phi) is 3.86. The van der Waals surface area contributed by atoms with E-state index in [1.54, 1.807) is 39.8 Å². The van der Waals surface area contributed by atoms with E-state index in [0.717, 1.165) is 20.7 Å². The van der Waals surface area contributed by atoms with Crippen molar-refractivity contribution in [2.75, 3.05) is 0 Å². The first-order chi connectivity index (χ1) is 9.51. The molecule has 0 unspecified atom stereocenters. The molecular weight excluding hydrogens is 310 g/mol. The minimum atomic E-state index is -1.06. The number of aliphatic hydroxyl groups is 1. The van der Waals surface area contributed by atoms with E-state index in [0.29, 0.717) is 4.88 Å². The molecule has 0 radical (unpaired) electrons. The standard InChI is InChI=1S/C14H17NO4S2/c1-13(2,14(3,4)19)15-10(16)8-5-7-6-9(11(17)18)21-12(7)20-8/h5-6,19H,1-4H3,(H,15,16)(H,17,18). The van der Waals surface area contributed by atoms with Crippen LogP contribution in [0, 0.1) is 0 Å². The van der Waals surface area contributed by atoms with Crippen molar-refractivity contribution in [3.63, 3.8) is 0 Å². The normalized spacial score (nSPS) is 12.6. The number of hydrogen-bond acceptors (Lipinski definition) is 5. The fraction of sp³-hybridized carbons (Fsp3) is 0.429. The fourth-order valence-corrected chi connectivity index (χ4v) is 3.73. The van der Waals surface area contributed by atoms with Crippen molar-refractivity contribution >= 4 is 43.9 Å². The molecule has 3 N–H and O–H groups in total. The lowest BCUT2D eigenvalue weighted by Gasteiger charge is -2.37. The molecule has 0 aliphatic rings. The van der Waals surface area contributed by atoms with Gasteiger partial charge >= 0.3 is 5.97 Å². The highest BCUT2D eigenvalue weighted by molar-refractivity contribution is 7.39. The third-order valence-electron chi connectivity index (χ3n) is 3.60. The van der Waals surface area contributed by atoms with Gasteiger partial charge in [0.25, 0.3) is 5.91 Å². The Morgan fingerprint density at radius 1 is 1.10 bits per heavy atom. The van der Waals surface area contributed by atoms with Crippen molar-refractivity contribution in [2.24, 2.45) is 0 Å². The minimum Gasteiger partial charge on any atom is -0.477 e. The highest BCUT2D eigenvalue weighted by atomic mass is 32.2. The second-order valence-corrected chi connectivity index (χ2v) is 8.27. The molecule has 2 rings (SSSR count). The monoisotopic (exact) mass is 327 g/mol. The van der Waals surface area contributed by atoms with Gasteiger partial charge in [-0.25, -0.2) is 4.79 Å². The average molecular weight is 327 g/mol. The zero-order chi connectivity index (χ0) is 16.0. The summed E-state index contributed by atoms with van der Waals surface area (Å²) in [5, 5.41) is 22.6. The fourth-order valence-electron chi connectivity index (χ4n) is 1.55. The maximum atomic E-state index is 12.3. The lowest BCUT2D eigenvalue weighted by molar-refractivity contribution is -0.00284. The summed E-state index contributed by atoms with van der Waals surface area (Å²) in [6.07, 6.45) is 0. The smallest absolute Gasteiger partial charge is 0.345 e. The van der Waals surface area contributed by atoms with Crippen LogP contribution < -0.4 is 5.32 Å². The summed E-state index contributed by atoms with van der Waals surface area (Å²) in [4.78, 5) is 23.9. The summed E-state index contributed by atoms with van der Waals surface area (Å²) in [5.41, 5.74) is -1.85. The molecule has 1 amide bonds. The Balaban J connectivity index is 2.24. The molecule has 0 aliphatic carbocycles. The van der Waals surface area contributed by atoms with Crippen LogP contribution in [-0.4, -0.2) is 33.2 Å². The Morgan fingerprint density at radius 2 is 1.62 bits per heavy atom. The van der Waals surface area contributed by atoms with E-state index in [2.05, 4.69) is 5.32 Å². The van der Waals surface area contributed by atoms with Crippen LogP contribution in [0.3, 0.4) is 0 Å². The number of carboxylic acids is 1. The largest absolute Gasteiger partial charge is 0.477 e. The van der Waals surface area contributed by atoms with Gasteiger partial charge in [0.2, 0.25) is 0 Å². The Bertz CT molecular complexity index is 675. The number of carbonyl (C=O) groups excluding carboxylic acids is 1. The van der Waals surface area contributed by atoms with Crippen molar-refractivity contribution < 1.29 is 19.8 Å². The maximum absolute atomic E-state index is 12.3. The quantitative estimate of drug-likeness (QED) is 0.806. The van der Waals surface area contributed by atoms with Gasteiger partial charge in [0.15, 0.2) is 0 Å². The number of carboxylic acid groups (broad SMARTS) is 1. The molecule has 0 aliphatic heterocycles. The first-order valence-electron chi connectivity index (χ1n) is 6.33. The van der Waals surface area contributed by atoms with E-state index in [-0.39, 0.29) is 10.8 Å². The highest BCUT2D eigenvalue weighted by Gasteiger charge is 2.36. The van der Waals surface area contributed by atoms with Crippen LogP contribution in [0.4, 0.5) is 0 Å². The van der Waals surface area contributed by atoms with Gasteiger partial charge in [0, 0.05) is 5.39 Å². The lowest BCUT2D eigenvalue weighted by atomic mass is 9.86. The van der Waals surface area contributed by atoms with Crippen molar-refractivity contribution in [3.8, 4) is 0 Å². The molecule has 2 heterocycles. The molecule has 0 saturated carbocycles. The van der Waals surface area contributed by atoms with Gasteiger partial charge < -0.3 is 15.5 Å². The number of thiophene rings is 2. The highest BCUT2D eigenvalue weighted by Crippen LogP contribution is 2.34. The van der Waals surface area contributed by atoms with E-state index in [1.807, 2.05) is 0 Å². The van der Waals surface area contributed by atoms with Crippen molar-refractivity contribution in [1.29, 1.82) is 0 Å². The van der Waals surface area contributed by atoms with E-state index in [1.165, 1.54) is 11.3 Å². The molecule has 0 atom stereocenters. The zero-order valence-corrected chi connectivity index (χ0v) is 13.8. The van der Waals surface area contributed by atoms with Crippen molar-refractivity contribution in [1.82, 2.24) is 5.32 Å². The van der Waals surface area contributed by atoms with Crippen LogP contribution in [0.2, 0.25) is 0 Å². The van der Waals surface area contributed by atoms with Crippen molar-refractivity contribution in [3.05, 3.63) is 21.9 Å². The van der Waals surface area contributed by atoms with E-state index in [4.69, 9.17) is 5.11 Å². The number of hydrogen-bond donors (Lipinski definition) is 3. The lowest BCUT2D eigenvalue weighted by Crippen LogP contribution is -2.57. The summed E-state index contributed by atoms with van der Waals surface area (Å²) < 4.78 is 0.804. The van der Waals surface area contributed by atoms with Gasteiger partial charge in [-0.1, -0.05) is 0 Å². The second kappa shape index (κ2) is 5.08. The molecule has 0 aromatic carbocycles. The summed E-state index contributed by atoms with van der Waals surface area (Å²) in [5.74, 6) is -1.23. The SMILES string of the molecule is CC(C)(O)C(C)(C)NC(=O)c1cc2cc(C(=O)O)sc2s1. The molecule has 0 spiro atoms. The average Bonchev–Trinajstić information content (AvgIpc) is 2.83. The van der Waals surface area contributed by atoms with Crippen LogP contribution >= 0.6 is 22.7 Å². The van der Waals surface area contributed by atoms with Crippen LogP contribution in [0.5, 0.6) is 0 Å². The van der Waals surface area contributed by atoms with Crippen molar-refractivity contribution in [2.45, 2.75) is 38.8 Å². The zero-order valence-electron chi connectivity index (χ0n) is 12.2. The first kappa shape index (κ1) is 15.9. The number of aromatic carboxylic acids is 1. The summed E-state index contributed by atoms with van der Waals surface area (Å²) >= 11 is 2.41. The number of fused-ring (bicyclic) bond motifs is 1. The first-order valence-corrected chi connectivity index (χ1v) is 7.96. The Labute approximate surface area is 130 Å². The molecular formula is C14H17NO4S2. The number of nitrogens with one attached hydrogen (secondary N) is 1. The van der Waals surface area contributed by atoms with Gasteiger partial charge in [0.1, 0.15) is 4.88 Å². The Morgan fingerprint density at radius 3 is 2.10 bits per heavy atom. The minimum absolute atomic E-state index is 0.264. The molecule has 21 heavy (non-hydrogen) atoms. The third-order valence-corrected chi connectivity index (χ3v) is 5.98. The third kappa shape index (κ3) is 3.09. The second-order valence-electron chi connectivity index (χ2n) is 5.91. The molecule has 5 nitrogen and oxygen atoms in total. The van der Waals surface area contributed by atoms with E-state index >= 15 is 0 Å². The topological polar surface area (TPSA) is 86.6 Å². The molecule has 2 aromatic heterocycles. The molecule has 0 bridgehead atoms. The number of carbonyl (C=O) groups is 2. The molecule has 0 saturated heterocycles. The molecule has 114 valence electrons. The van der Waals surface area contributed by atoms with Crippen LogP contribution in [0.1, 0.15) is 47.0 Å². The van der Waals surface area contributed by atoms with E-state index < -0.39 is 17.1 Å². The van der Waals surface area contributed by atoms with Gasteiger partial charge in [-0.3, -0.25) is 4.79 Å². The number of amides is 1. The summed E-state index contributed by atoms with van der Waals surface area (Å²) in [6.45, 7) is 6.78. The van der Waals surface area contributed by atoms with Crippen LogP contribution in [0.15, 0.2) is 12.1 Å². The predicted molar refractivity (Wildman–Crippen MR) is 84.5 cm³/mol.